The zero-order chi connectivity index (χ0) is 25.7. The lowest BCUT2D eigenvalue weighted by Gasteiger charge is -2.28. The second-order valence-corrected chi connectivity index (χ2v) is 7.92. The van der Waals surface area contributed by atoms with Crippen LogP contribution in [0.1, 0.15) is 28.4 Å². The molecule has 0 fully saturated rings. The molecule has 1 heterocycles. The average molecular weight is 473 g/mol. The number of carbonyl (C=O) groups is 3. The summed E-state index contributed by atoms with van der Waals surface area (Å²) in [4.78, 5) is 48.1. The van der Waals surface area contributed by atoms with Crippen LogP contribution in [-0.4, -0.2) is 42.2 Å². The van der Waals surface area contributed by atoms with Crippen LogP contribution in [0, 0.1) is 6.57 Å². The second kappa shape index (κ2) is 10.6. The molecule has 0 unspecified atom stereocenters. The highest BCUT2D eigenvalue weighted by Crippen LogP contribution is 2.31. The van der Waals surface area contributed by atoms with E-state index in [1.54, 1.807) is 12.2 Å². The lowest BCUT2D eigenvalue weighted by molar-refractivity contribution is -0.253. The fourth-order valence-electron chi connectivity index (χ4n) is 3.55. The third-order valence-corrected chi connectivity index (χ3v) is 5.39. The second-order valence-electron chi connectivity index (χ2n) is 7.92. The third-order valence-electron chi connectivity index (χ3n) is 5.39. The zero-order valence-electron chi connectivity index (χ0n) is 19.3. The van der Waals surface area contributed by atoms with Gasteiger partial charge in [0.15, 0.2) is 0 Å². The van der Waals surface area contributed by atoms with Crippen LogP contribution in [0.25, 0.3) is 10.9 Å². The van der Waals surface area contributed by atoms with E-state index >= 15 is 0 Å². The summed E-state index contributed by atoms with van der Waals surface area (Å²) in [5.41, 5.74) is 1.99. The van der Waals surface area contributed by atoms with E-state index in [4.69, 9.17) is 11.8 Å². The van der Waals surface area contributed by atoms with Gasteiger partial charge >= 0.3 is 5.97 Å². The Kier molecular flexibility index (Phi) is 7.61. The first-order valence-electron chi connectivity index (χ1n) is 10.4. The highest BCUT2D eigenvalue weighted by Gasteiger charge is 2.37. The molecule has 0 bridgehead atoms. The number of amides is 2. The molecular weight excluding hydrogens is 450 g/mol. The van der Waals surface area contributed by atoms with Crippen molar-refractivity contribution in [2.24, 2.45) is 0 Å². The van der Waals surface area contributed by atoms with Gasteiger partial charge in [0.2, 0.25) is 0 Å². The predicted molar refractivity (Wildman–Crippen MR) is 131 cm³/mol. The molecule has 0 aliphatic carbocycles. The van der Waals surface area contributed by atoms with E-state index in [0.717, 1.165) is 22.2 Å². The van der Waals surface area contributed by atoms with E-state index in [2.05, 4.69) is 9.73 Å². The molecule has 0 saturated heterocycles. The third kappa shape index (κ3) is 5.35. The van der Waals surface area contributed by atoms with Gasteiger partial charge in [0, 0.05) is 25.4 Å². The number of anilines is 2. The van der Waals surface area contributed by atoms with Crippen molar-refractivity contribution in [3.05, 3.63) is 99.6 Å². The monoisotopic (exact) mass is 473 g/mol. The van der Waals surface area contributed by atoms with Gasteiger partial charge in [0.05, 0.1) is 17.8 Å². The minimum Gasteiger partial charge on any atom is -0.478 e. The fourth-order valence-corrected chi connectivity index (χ4v) is 3.55. The lowest BCUT2D eigenvalue weighted by Crippen LogP contribution is -2.42. The molecule has 2 N–H and O–H groups in total. The number of benzene rings is 2. The molecule has 2 amide bonds. The first-order chi connectivity index (χ1) is 16.7. The number of aromatic carboxylic acids is 1. The van der Waals surface area contributed by atoms with Crippen LogP contribution >= 0.6 is 0 Å². The molecule has 0 spiro atoms. The van der Waals surface area contributed by atoms with Gasteiger partial charge < -0.3 is 10.0 Å². The normalized spacial score (nSPS) is 15.2. The van der Waals surface area contributed by atoms with Gasteiger partial charge in [-0.25, -0.2) is 14.5 Å². The van der Waals surface area contributed by atoms with Crippen LogP contribution < -0.4 is 9.80 Å². The Morgan fingerprint density at radius 1 is 1.14 bits per heavy atom. The Balaban J connectivity index is 2.04. The summed E-state index contributed by atoms with van der Waals surface area (Å²) >= 11 is 0. The Morgan fingerprint density at radius 3 is 2.40 bits per heavy atom. The molecule has 0 radical (unpaired) electrons. The first-order valence-corrected chi connectivity index (χ1v) is 10.4. The van der Waals surface area contributed by atoms with E-state index in [-0.39, 0.29) is 40.3 Å². The van der Waals surface area contributed by atoms with Gasteiger partial charge in [-0.2, -0.15) is 0 Å². The maximum atomic E-state index is 13.4. The molecule has 9 heteroatoms. The van der Waals surface area contributed by atoms with Crippen molar-refractivity contribution in [3.63, 3.8) is 0 Å². The number of nitrogens with zero attached hydrogens (tertiary/aromatic N) is 3. The summed E-state index contributed by atoms with van der Waals surface area (Å²) in [6, 6.07) is 11.5. The Morgan fingerprint density at radius 2 is 1.83 bits per heavy atom. The molecule has 2 aromatic rings. The zero-order valence-corrected chi connectivity index (χ0v) is 19.3. The molecule has 178 valence electrons. The van der Waals surface area contributed by atoms with Crippen molar-refractivity contribution in [2.45, 2.75) is 13.5 Å². The summed E-state index contributed by atoms with van der Waals surface area (Å²) in [5, 5.41) is 18.2. The Bertz CT molecular complexity index is 1310. The molecular formula is C26H23N3O6. The van der Waals surface area contributed by atoms with E-state index in [1.807, 2.05) is 43.3 Å². The van der Waals surface area contributed by atoms with Crippen molar-refractivity contribution in [1.82, 2.24) is 0 Å². The number of hydrogen-bond donors (Lipinski definition) is 2. The van der Waals surface area contributed by atoms with Crippen molar-refractivity contribution in [2.75, 3.05) is 23.9 Å². The van der Waals surface area contributed by atoms with Crippen LogP contribution in [0.2, 0.25) is 0 Å². The molecule has 2 aromatic carbocycles. The van der Waals surface area contributed by atoms with Crippen LogP contribution in [0.5, 0.6) is 0 Å². The predicted octanol–water partition coefficient (Wildman–Crippen LogP) is 4.15. The number of hydrogen-bond acceptors (Lipinski definition) is 6. The maximum absolute atomic E-state index is 13.4. The molecule has 1 aliphatic rings. The van der Waals surface area contributed by atoms with E-state index in [0.29, 0.717) is 0 Å². The summed E-state index contributed by atoms with van der Waals surface area (Å²) in [7, 11) is 3.87. The smallest absolute Gasteiger partial charge is 0.335 e. The summed E-state index contributed by atoms with van der Waals surface area (Å²) in [6.45, 7) is 8.63. The van der Waals surface area contributed by atoms with Crippen LogP contribution in [-0.2, 0) is 21.1 Å². The van der Waals surface area contributed by atoms with Crippen LogP contribution in [0.3, 0.4) is 0 Å². The molecule has 0 aromatic heterocycles. The van der Waals surface area contributed by atoms with Crippen LogP contribution in [0.15, 0.2) is 71.5 Å². The molecule has 9 nitrogen and oxygen atoms in total. The van der Waals surface area contributed by atoms with Gasteiger partial charge in [0.25, 0.3) is 17.5 Å². The van der Waals surface area contributed by atoms with Gasteiger partial charge in [-0.3, -0.25) is 19.7 Å². The highest BCUT2D eigenvalue weighted by molar-refractivity contribution is 6.30. The lowest BCUT2D eigenvalue weighted by atomic mass is 9.97. The van der Waals surface area contributed by atoms with E-state index in [1.165, 1.54) is 25.1 Å². The number of imide groups is 1. The van der Waals surface area contributed by atoms with Gasteiger partial charge in [-0.15, -0.1) is 0 Å². The summed E-state index contributed by atoms with van der Waals surface area (Å²) in [6.07, 6.45) is 4.95. The fraction of sp³-hybridized carbons (Fsp3) is 0.154. The minimum absolute atomic E-state index is 0.0465. The van der Waals surface area contributed by atoms with Gasteiger partial charge in [-0.1, -0.05) is 30.4 Å². The van der Waals surface area contributed by atoms with Gasteiger partial charge in [-0.05, 0) is 54.0 Å². The molecule has 1 aliphatic heterocycles. The standard InChI is InChI=1S/C26H23N3O6/c1-16-22(7-5-6-17-8-10-20(11-9-17)28(3)4)24(30)29(25(31)23(16)27-2)21-13-18(15-35-34)12-19(14-21)26(32)33/h5-14,34H,15H2,1,3-4H3,(H,32,33)/b6-5-,22-7?. The molecule has 0 saturated carbocycles. The number of carboxylic acid groups (broad SMARTS) is 1. The maximum Gasteiger partial charge on any atom is 0.335 e. The Labute approximate surface area is 202 Å². The average Bonchev–Trinajstić information content (AvgIpc) is 2.82. The molecule has 3 rings (SSSR count). The largest absolute Gasteiger partial charge is 0.478 e. The number of rotatable bonds is 7. The molecule has 35 heavy (non-hydrogen) atoms. The van der Waals surface area contributed by atoms with E-state index in [9.17, 15) is 19.5 Å². The van der Waals surface area contributed by atoms with E-state index < -0.39 is 17.8 Å². The Hall–Kier alpha value is -4.52. The number of allylic oxidation sites excluding steroid dienone is 2. The summed E-state index contributed by atoms with van der Waals surface area (Å²) in [5.74, 6) is -2.86. The first kappa shape index (κ1) is 25.1. The van der Waals surface area contributed by atoms with Crippen molar-refractivity contribution >= 4 is 35.2 Å². The number of carbonyl (C=O) groups excluding carboxylic acids is 2. The van der Waals surface area contributed by atoms with Crippen molar-refractivity contribution < 1.29 is 29.6 Å². The highest BCUT2D eigenvalue weighted by atomic mass is 17.1. The van der Waals surface area contributed by atoms with Crippen LogP contribution in [0.4, 0.5) is 11.4 Å². The summed E-state index contributed by atoms with van der Waals surface area (Å²) < 4.78 is 0. The minimum atomic E-state index is -1.29. The number of carboxylic acids is 1. The van der Waals surface area contributed by atoms with Crippen molar-refractivity contribution in [1.29, 1.82) is 0 Å². The SMILES string of the molecule is [C-]#[N+]C1=C(C)C(=C/C=C\c2ccc(N(C)C)cc2)C(=O)N(c2cc(COO)cc(C(=O)O)c2)C1=O. The molecule has 0 atom stereocenters. The van der Waals surface area contributed by atoms with Crippen molar-refractivity contribution in [3.8, 4) is 0 Å². The topological polar surface area (TPSA) is 112 Å². The quantitative estimate of drug-likeness (QED) is 0.204. The van der Waals surface area contributed by atoms with Gasteiger partial charge in [0.1, 0.15) is 6.61 Å².